The number of thioether (sulfide) groups is 1. The van der Waals surface area contributed by atoms with Crippen molar-refractivity contribution in [1.29, 1.82) is 0 Å². The molecule has 0 spiro atoms. The lowest BCUT2D eigenvalue weighted by Crippen LogP contribution is -2.51. The summed E-state index contributed by atoms with van der Waals surface area (Å²) in [5.74, 6) is -0.595. The van der Waals surface area contributed by atoms with Gasteiger partial charge < -0.3 is 15.0 Å². The Hall–Kier alpha value is -3.21. The Balaban J connectivity index is 2.08. The van der Waals surface area contributed by atoms with Crippen LogP contribution in [-0.2, 0) is 26.2 Å². The molecule has 0 aliphatic heterocycles. The number of amides is 2. The van der Waals surface area contributed by atoms with E-state index < -0.39 is 28.5 Å². The van der Waals surface area contributed by atoms with Crippen molar-refractivity contribution >= 4 is 50.9 Å². The summed E-state index contributed by atoms with van der Waals surface area (Å²) < 4.78 is 35.0. The Labute approximate surface area is 252 Å². The van der Waals surface area contributed by atoms with Gasteiger partial charge in [-0.1, -0.05) is 48.9 Å². The van der Waals surface area contributed by atoms with Crippen molar-refractivity contribution < 1.29 is 22.7 Å². The van der Waals surface area contributed by atoms with Crippen LogP contribution in [0.4, 0.5) is 5.69 Å². The number of nitrogens with zero attached hydrogens (tertiary/aromatic N) is 2. The highest BCUT2D eigenvalue weighted by molar-refractivity contribution is 7.98. The van der Waals surface area contributed by atoms with Crippen molar-refractivity contribution in [1.82, 2.24) is 10.2 Å². The molecule has 1 atom stereocenters. The van der Waals surface area contributed by atoms with E-state index in [9.17, 15) is 18.0 Å². The summed E-state index contributed by atoms with van der Waals surface area (Å²) in [6, 6.07) is 19.3. The van der Waals surface area contributed by atoms with Crippen molar-refractivity contribution in [2.75, 3.05) is 30.3 Å². The van der Waals surface area contributed by atoms with Crippen LogP contribution in [-0.4, -0.2) is 57.1 Å². The largest absolute Gasteiger partial charge is 0.492 e. The molecule has 8 nitrogen and oxygen atoms in total. The SMILES string of the molecule is CCCNC(=O)[C@H](C)N(Cc1ccccc1Cl)C(=O)CN(c1ccccc1OCC)S(=O)(=O)c1ccc(SC)cc1. The Morgan fingerprint density at radius 2 is 1.66 bits per heavy atom. The molecule has 0 heterocycles. The number of hydrogen-bond acceptors (Lipinski definition) is 6. The van der Waals surface area contributed by atoms with Crippen LogP contribution in [0.25, 0.3) is 0 Å². The first-order chi connectivity index (χ1) is 19.6. The molecule has 41 heavy (non-hydrogen) atoms. The van der Waals surface area contributed by atoms with Crippen molar-refractivity contribution in [2.24, 2.45) is 0 Å². The van der Waals surface area contributed by atoms with E-state index >= 15 is 0 Å². The summed E-state index contributed by atoms with van der Waals surface area (Å²) in [6.07, 6.45) is 2.63. The molecule has 0 saturated heterocycles. The number of anilines is 1. The molecule has 0 bridgehead atoms. The highest BCUT2D eigenvalue weighted by Gasteiger charge is 2.34. The molecule has 3 aromatic rings. The summed E-state index contributed by atoms with van der Waals surface area (Å²) >= 11 is 7.90. The number of carbonyl (C=O) groups is 2. The molecule has 1 N–H and O–H groups in total. The minimum atomic E-state index is -4.22. The van der Waals surface area contributed by atoms with Gasteiger partial charge in [0.25, 0.3) is 10.0 Å². The fourth-order valence-electron chi connectivity index (χ4n) is 4.12. The fourth-order valence-corrected chi connectivity index (χ4v) is 6.15. The molecule has 0 aliphatic carbocycles. The van der Waals surface area contributed by atoms with Crippen LogP contribution in [0.3, 0.4) is 0 Å². The van der Waals surface area contributed by atoms with Crippen molar-refractivity contribution in [3.8, 4) is 5.75 Å². The molecule has 2 amide bonds. The molecule has 3 aromatic carbocycles. The standard InChI is InChI=1S/C30H36ClN3O5S2/c1-5-19-32-30(36)22(3)33(20-23-11-7-8-12-26(23)31)29(35)21-34(27-13-9-10-14-28(27)39-6-2)41(37,38)25-17-15-24(40-4)16-18-25/h7-18,22H,5-6,19-21H2,1-4H3,(H,32,36)/t22-/m0/s1. The maximum Gasteiger partial charge on any atom is 0.264 e. The third kappa shape index (κ3) is 8.18. The smallest absolute Gasteiger partial charge is 0.264 e. The normalized spacial score (nSPS) is 11.9. The average Bonchev–Trinajstić information content (AvgIpc) is 2.98. The lowest BCUT2D eigenvalue weighted by atomic mass is 10.1. The first-order valence-corrected chi connectivity index (χ1v) is 16.4. The second kappa shape index (κ2) is 15.1. The number of benzene rings is 3. The number of hydrogen-bond donors (Lipinski definition) is 1. The van der Waals surface area contributed by atoms with E-state index in [2.05, 4.69) is 5.32 Å². The molecule has 0 unspecified atom stereocenters. The van der Waals surface area contributed by atoms with E-state index in [4.69, 9.17) is 16.3 Å². The molecule has 0 aromatic heterocycles. The summed E-state index contributed by atoms with van der Waals surface area (Å²) in [6.45, 7) is 5.55. The van der Waals surface area contributed by atoms with Gasteiger partial charge in [-0.3, -0.25) is 13.9 Å². The van der Waals surface area contributed by atoms with E-state index in [-0.39, 0.29) is 23.0 Å². The van der Waals surface area contributed by atoms with E-state index in [1.165, 1.54) is 28.8 Å². The van der Waals surface area contributed by atoms with Crippen LogP contribution in [0.2, 0.25) is 5.02 Å². The molecule has 0 aliphatic rings. The minimum Gasteiger partial charge on any atom is -0.492 e. The number of rotatable bonds is 14. The predicted molar refractivity (Wildman–Crippen MR) is 165 cm³/mol. The lowest BCUT2D eigenvalue weighted by Gasteiger charge is -2.32. The monoisotopic (exact) mass is 617 g/mol. The third-order valence-corrected chi connectivity index (χ3v) is 9.26. The summed E-state index contributed by atoms with van der Waals surface area (Å²) in [7, 11) is -4.22. The first kappa shape index (κ1) is 32.3. The van der Waals surface area contributed by atoms with E-state index in [1.807, 2.05) is 13.2 Å². The second-order valence-corrected chi connectivity index (χ2v) is 12.3. The van der Waals surface area contributed by atoms with Gasteiger partial charge in [0, 0.05) is 23.0 Å². The average molecular weight is 618 g/mol. The zero-order chi connectivity index (χ0) is 30.0. The minimum absolute atomic E-state index is 0.0165. The summed E-state index contributed by atoms with van der Waals surface area (Å²) in [4.78, 5) is 29.4. The fraction of sp³-hybridized carbons (Fsp3) is 0.333. The van der Waals surface area contributed by atoms with Crippen molar-refractivity contribution in [3.63, 3.8) is 0 Å². The van der Waals surface area contributed by atoms with Gasteiger partial charge in [-0.2, -0.15) is 0 Å². The van der Waals surface area contributed by atoms with Gasteiger partial charge in [0.2, 0.25) is 11.8 Å². The first-order valence-electron chi connectivity index (χ1n) is 13.3. The molecule has 3 rings (SSSR count). The maximum absolute atomic E-state index is 14.1. The van der Waals surface area contributed by atoms with Gasteiger partial charge in [0.15, 0.2) is 0 Å². The van der Waals surface area contributed by atoms with E-state index in [1.54, 1.807) is 74.5 Å². The molecular weight excluding hydrogens is 582 g/mol. The maximum atomic E-state index is 14.1. The highest BCUT2D eigenvalue weighted by Crippen LogP contribution is 2.33. The molecular formula is C30H36ClN3O5S2. The quantitative estimate of drug-likeness (QED) is 0.237. The van der Waals surface area contributed by atoms with Gasteiger partial charge in [-0.25, -0.2) is 8.42 Å². The van der Waals surface area contributed by atoms with Crippen molar-refractivity contribution in [3.05, 3.63) is 83.4 Å². The number of nitrogens with one attached hydrogen (secondary N) is 1. The zero-order valence-electron chi connectivity index (χ0n) is 23.7. The van der Waals surface area contributed by atoms with Gasteiger partial charge in [0.05, 0.1) is 17.2 Å². The zero-order valence-corrected chi connectivity index (χ0v) is 26.1. The summed E-state index contributed by atoms with van der Waals surface area (Å²) in [5.41, 5.74) is 0.854. The van der Waals surface area contributed by atoms with Gasteiger partial charge in [-0.15, -0.1) is 11.8 Å². The molecule has 11 heteroatoms. The second-order valence-electron chi connectivity index (χ2n) is 9.17. The molecule has 0 radical (unpaired) electrons. The van der Waals surface area contributed by atoms with Gasteiger partial charge >= 0.3 is 0 Å². The van der Waals surface area contributed by atoms with E-state index in [0.29, 0.717) is 29.5 Å². The summed E-state index contributed by atoms with van der Waals surface area (Å²) in [5, 5.41) is 3.26. The molecule has 0 fully saturated rings. The molecule has 220 valence electrons. The van der Waals surface area contributed by atoms with Crippen LogP contribution >= 0.6 is 23.4 Å². The van der Waals surface area contributed by atoms with Crippen LogP contribution in [0, 0.1) is 0 Å². The molecule has 0 saturated carbocycles. The van der Waals surface area contributed by atoms with Gasteiger partial charge in [0.1, 0.15) is 18.3 Å². The highest BCUT2D eigenvalue weighted by atomic mass is 35.5. The third-order valence-electron chi connectivity index (χ3n) is 6.38. The lowest BCUT2D eigenvalue weighted by molar-refractivity contribution is -0.139. The van der Waals surface area contributed by atoms with Gasteiger partial charge in [-0.05, 0) is 74.6 Å². The van der Waals surface area contributed by atoms with E-state index in [0.717, 1.165) is 15.6 Å². The number of ether oxygens (including phenoxy) is 1. The number of carbonyl (C=O) groups excluding carboxylic acids is 2. The topological polar surface area (TPSA) is 96.0 Å². The Morgan fingerprint density at radius 3 is 2.29 bits per heavy atom. The number of para-hydroxylation sites is 2. The Bertz CT molecular complexity index is 1430. The Kier molecular flexibility index (Phi) is 11.9. The van der Waals surface area contributed by atoms with Crippen LogP contribution in [0.5, 0.6) is 5.75 Å². The van der Waals surface area contributed by atoms with Crippen LogP contribution < -0.4 is 14.4 Å². The van der Waals surface area contributed by atoms with Crippen LogP contribution in [0.15, 0.2) is 82.6 Å². The van der Waals surface area contributed by atoms with Crippen LogP contribution in [0.1, 0.15) is 32.8 Å². The number of sulfonamides is 1. The number of halogens is 1. The van der Waals surface area contributed by atoms with Crippen molar-refractivity contribution in [2.45, 2.75) is 49.6 Å². The Morgan fingerprint density at radius 1 is 1.00 bits per heavy atom. The predicted octanol–water partition coefficient (Wildman–Crippen LogP) is 5.60.